The molecule has 1 aromatic carbocycles. The Balaban J connectivity index is 1.86. The van der Waals surface area contributed by atoms with Crippen molar-refractivity contribution in [1.82, 2.24) is 15.0 Å². The zero-order valence-corrected chi connectivity index (χ0v) is 14.4. The topological polar surface area (TPSA) is 100 Å². The molecule has 3 aromatic rings. The SMILES string of the molecule is O=C(O)CNc1nc(NCc2ccccc2Cl)cc(-c2ccncc2)n1. The maximum atomic E-state index is 10.8. The summed E-state index contributed by atoms with van der Waals surface area (Å²) in [7, 11) is 0. The molecule has 26 heavy (non-hydrogen) atoms. The number of nitrogens with one attached hydrogen (secondary N) is 2. The van der Waals surface area contributed by atoms with Gasteiger partial charge in [-0.2, -0.15) is 4.98 Å². The molecule has 0 fully saturated rings. The van der Waals surface area contributed by atoms with Gasteiger partial charge in [0.05, 0.1) is 5.69 Å². The summed E-state index contributed by atoms with van der Waals surface area (Å²) in [5, 5.41) is 15.4. The summed E-state index contributed by atoms with van der Waals surface area (Å²) >= 11 is 6.18. The van der Waals surface area contributed by atoms with Gasteiger partial charge in [0, 0.05) is 35.6 Å². The largest absolute Gasteiger partial charge is 0.480 e. The fraction of sp³-hybridized carbons (Fsp3) is 0.111. The van der Waals surface area contributed by atoms with Gasteiger partial charge in [-0.3, -0.25) is 9.78 Å². The van der Waals surface area contributed by atoms with Gasteiger partial charge in [-0.05, 0) is 23.8 Å². The van der Waals surface area contributed by atoms with Crippen molar-refractivity contribution in [2.24, 2.45) is 0 Å². The second kappa shape index (κ2) is 8.26. The van der Waals surface area contributed by atoms with Crippen LogP contribution in [0.5, 0.6) is 0 Å². The Labute approximate surface area is 155 Å². The van der Waals surface area contributed by atoms with E-state index in [0.29, 0.717) is 23.1 Å². The van der Waals surface area contributed by atoms with Crippen LogP contribution in [-0.4, -0.2) is 32.6 Å². The number of pyridine rings is 1. The van der Waals surface area contributed by atoms with E-state index >= 15 is 0 Å². The van der Waals surface area contributed by atoms with Crippen molar-refractivity contribution in [3.63, 3.8) is 0 Å². The molecule has 0 radical (unpaired) electrons. The Morgan fingerprint density at radius 3 is 2.58 bits per heavy atom. The van der Waals surface area contributed by atoms with Crippen LogP contribution in [0.3, 0.4) is 0 Å². The minimum atomic E-state index is -0.992. The molecule has 7 nitrogen and oxygen atoms in total. The van der Waals surface area contributed by atoms with Crippen LogP contribution < -0.4 is 10.6 Å². The van der Waals surface area contributed by atoms with Crippen molar-refractivity contribution >= 4 is 29.3 Å². The van der Waals surface area contributed by atoms with Crippen LogP contribution in [0.2, 0.25) is 5.02 Å². The standard InChI is InChI=1S/C18H16ClN5O2/c19-14-4-2-1-3-13(14)10-21-16-9-15(12-5-7-20-8-6-12)23-18(24-16)22-11-17(25)26/h1-9H,10-11H2,(H,25,26)(H2,21,22,23,24). The number of halogens is 1. The van der Waals surface area contributed by atoms with E-state index in [2.05, 4.69) is 25.6 Å². The number of anilines is 2. The highest BCUT2D eigenvalue weighted by molar-refractivity contribution is 6.31. The quantitative estimate of drug-likeness (QED) is 0.587. The van der Waals surface area contributed by atoms with Gasteiger partial charge >= 0.3 is 5.97 Å². The summed E-state index contributed by atoms with van der Waals surface area (Å²) in [4.78, 5) is 23.5. The van der Waals surface area contributed by atoms with Crippen LogP contribution in [-0.2, 0) is 11.3 Å². The Kier molecular flexibility index (Phi) is 5.60. The zero-order valence-electron chi connectivity index (χ0n) is 13.7. The molecule has 0 saturated heterocycles. The van der Waals surface area contributed by atoms with E-state index < -0.39 is 5.97 Å². The maximum Gasteiger partial charge on any atom is 0.322 e. The Bertz CT molecular complexity index is 905. The number of hydrogen-bond donors (Lipinski definition) is 3. The second-order valence-corrected chi connectivity index (χ2v) is 5.80. The number of carbonyl (C=O) groups is 1. The van der Waals surface area contributed by atoms with E-state index in [0.717, 1.165) is 11.1 Å². The minimum Gasteiger partial charge on any atom is -0.480 e. The summed E-state index contributed by atoms with van der Waals surface area (Å²) in [5.74, 6) is -0.212. The smallest absolute Gasteiger partial charge is 0.322 e. The number of nitrogens with zero attached hydrogens (tertiary/aromatic N) is 3. The molecule has 0 saturated carbocycles. The van der Waals surface area contributed by atoms with Gasteiger partial charge in [-0.15, -0.1) is 0 Å². The third-order valence-corrected chi connectivity index (χ3v) is 3.89. The molecule has 2 aromatic heterocycles. The second-order valence-electron chi connectivity index (χ2n) is 5.39. The number of aliphatic carboxylic acids is 1. The molecular formula is C18H16ClN5O2. The van der Waals surface area contributed by atoms with Crippen LogP contribution in [0.25, 0.3) is 11.3 Å². The number of benzene rings is 1. The predicted octanol–water partition coefficient (Wildman–Crippen LogP) is 3.30. The lowest BCUT2D eigenvalue weighted by Crippen LogP contribution is -2.15. The number of carboxylic acids is 1. The first-order valence-electron chi connectivity index (χ1n) is 7.84. The number of carboxylic acid groups (broad SMARTS) is 1. The van der Waals surface area contributed by atoms with Gasteiger partial charge in [0.2, 0.25) is 5.95 Å². The van der Waals surface area contributed by atoms with Gasteiger partial charge in [-0.1, -0.05) is 29.8 Å². The van der Waals surface area contributed by atoms with E-state index in [-0.39, 0.29) is 12.5 Å². The lowest BCUT2D eigenvalue weighted by molar-refractivity contribution is -0.134. The molecule has 0 aliphatic heterocycles. The molecule has 0 bridgehead atoms. The molecular weight excluding hydrogens is 354 g/mol. The van der Waals surface area contributed by atoms with Crippen molar-refractivity contribution in [1.29, 1.82) is 0 Å². The average Bonchev–Trinajstić information content (AvgIpc) is 2.66. The Morgan fingerprint density at radius 2 is 1.85 bits per heavy atom. The molecule has 3 rings (SSSR count). The van der Waals surface area contributed by atoms with Crippen molar-refractivity contribution in [3.05, 3.63) is 65.4 Å². The molecule has 3 N–H and O–H groups in total. The van der Waals surface area contributed by atoms with Gasteiger partial charge < -0.3 is 15.7 Å². The van der Waals surface area contributed by atoms with Gasteiger partial charge in [0.15, 0.2) is 0 Å². The molecule has 2 heterocycles. The molecule has 0 aliphatic carbocycles. The number of aromatic nitrogens is 3. The molecule has 132 valence electrons. The summed E-state index contributed by atoms with van der Waals surface area (Å²) in [6.45, 7) is 0.203. The lowest BCUT2D eigenvalue weighted by Gasteiger charge is -2.11. The highest BCUT2D eigenvalue weighted by Crippen LogP contribution is 2.22. The van der Waals surface area contributed by atoms with Crippen LogP contribution in [0, 0.1) is 0 Å². The highest BCUT2D eigenvalue weighted by Gasteiger charge is 2.08. The minimum absolute atomic E-state index is 0.225. The van der Waals surface area contributed by atoms with Crippen LogP contribution >= 0.6 is 11.6 Å². The first-order valence-corrected chi connectivity index (χ1v) is 8.22. The van der Waals surface area contributed by atoms with E-state index in [9.17, 15) is 4.79 Å². The van der Waals surface area contributed by atoms with Crippen molar-refractivity contribution in [3.8, 4) is 11.3 Å². The lowest BCUT2D eigenvalue weighted by atomic mass is 10.2. The predicted molar refractivity (Wildman–Crippen MR) is 100 cm³/mol. The Morgan fingerprint density at radius 1 is 1.08 bits per heavy atom. The van der Waals surface area contributed by atoms with Gasteiger partial charge in [-0.25, -0.2) is 4.98 Å². The first kappa shape index (κ1) is 17.6. The van der Waals surface area contributed by atoms with E-state index in [1.165, 1.54) is 0 Å². The third-order valence-electron chi connectivity index (χ3n) is 3.52. The monoisotopic (exact) mass is 369 g/mol. The van der Waals surface area contributed by atoms with Gasteiger partial charge in [0.1, 0.15) is 12.4 Å². The van der Waals surface area contributed by atoms with Crippen LogP contribution in [0.4, 0.5) is 11.8 Å². The van der Waals surface area contributed by atoms with Crippen molar-refractivity contribution in [2.45, 2.75) is 6.54 Å². The first-order chi connectivity index (χ1) is 12.6. The molecule has 0 spiro atoms. The van der Waals surface area contributed by atoms with Crippen LogP contribution in [0.15, 0.2) is 54.9 Å². The van der Waals surface area contributed by atoms with Crippen LogP contribution in [0.1, 0.15) is 5.56 Å². The Hall–Kier alpha value is -3.19. The third kappa shape index (κ3) is 4.67. The molecule has 0 amide bonds. The summed E-state index contributed by atoms with van der Waals surface area (Å²) in [6, 6.07) is 12.9. The average molecular weight is 370 g/mol. The van der Waals surface area contributed by atoms with E-state index in [4.69, 9.17) is 16.7 Å². The molecule has 0 aliphatic rings. The van der Waals surface area contributed by atoms with Crippen molar-refractivity contribution in [2.75, 3.05) is 17.2 Å². The summed E-state index contributed by atoms with van der Waals surface area (Å²) in [6.07, 6.45) is 3.33. The number of rotatable bonds is 7. The van der Waals surface area contributed by atoms with Crippen molar-refractivity contribution < 1.29 is 9.90 Å². The molecule has 0 unspecified atom stereocenters. The molecule has 0 atom stereocenters. The van der Waals surface area contributed by atoms with Gasteiger partial charge in [0.25, 0.3) is 0 Å². The molecule has 8 heteroatoms. The fourth-order valence-electron chi connectivity index (χ4n) is 2.27. The fourth-order valence-corrected chi connectivity index (χ4v) is 2.47. The maximum absolute atomic E-state index is 10.8. The zero-order chi connectivity index (χ0) is 18.4. The van der Waals surface area contributed by atoms with E-state index in [1.54, 1.807) is 18.5 Å². The summed E-state index contributed by atoms with van der Waals surface area (Å²) < 4.78 is 0. The highest BCUT2D eigenvalue weighted by atomic mass is 35.5. The number of hydrogen-bond acceptors (Lipinski definition) is 6. The summed E-state index contributed by atoms with van der Waals surface area (Å²) in [5.41, 5.74) is 2.43. The normalized spacial score (nSPS) is 10.3. The van der Waals surface area contributed by atoms with E-state index in [1.807, 2.05) is 36.4 Å².